The number of rotatable bonds is 27. The van der Waals surface area contributed by atoms with Crippen molar-refractivity contribution in [3.8, 4) is 5.75 Å². The van der Waals surface area contributed by atoms with Crippen LogP contribution in [0.3, 0.4) is 0 Å². The maximum Gasteiger partial charge on any atom is 0.305 e. The van der Waals surface area contributed by atoms with Crippen molar-refractivity contribution in [2.24, 2.45) is 23.3 Å². The van der Waals surface area contributed by atoms with Gasteiger partial charge in [-0.1, -0.05) is 150 Å². The molecule has 3 aliphatic rings. The summed E-state index contributed by atoms with van der Waals surface area (Å²) in [6.07, 6.45) is 1.44. The van der Waals surface area contributed by atoms with Gasteiger partial charge in [-0.25, -0.2) is 4.39 Å². The molecule has 3 aliphatic heterocycles. The van der Waals surface area contributed by atoms with Gasteiger partial charge in [-0.05, 0) is 135 Å². The van der Waals surface area contributed by atoms with Crippen LogP contribution in [0.1, 0.15) is 139 Å². The fourth-order valence-corrected chi connectivity index (χ4v) is 17.5. The number of aromatic amines is 1. The Labute approximate surface area is 772 Å². The van der Waals surface area contributed by atoms with E-state index >= 15 is 47.9 Å². The lowest BCUT2D eigenvalue weighted by Crippen LogP contribution is -2.62. The number of halogens is 1. The molecule has 1 aromatic heterocycles. The third kappa shape index (κ3) is 29.8. The predicted molar refractivity (Wildman–Crippen MR) is 493 cm³/mol. The third-order valence-corrected chi connectivity index (χ3v) is 25.1. The van der Waals surface area contributed by atoms with Gasteiger partial charge < -0.3 is 98.4 Å². The number of phenolic OH excluding ortho intramolecular Hbond substituents is 1. The van der Waals surface area contributed by atoms with Gasteiger partial charge in [0.1, 0.15) is 84.1 Å². The maximum absolute atomic E-state index is 15.7. The molecule has 37 heteroatoms. The molecule has 4 heterocycles. The highest BCUT2D eigenvalue weighted by atomic mass is 32.2. The van der Waals surface area contributed by atoms with E-state index in [-0.39, 0.29) is 146 Å². The average Bonchev–Trinajstić information content (AvgIpc) is 1.52. The number of aliphatic carboxylic acids is 1. The molecule has 0 radical (unpaired) electrons. The first kappa shape index (κ1) is 103. The minimum Gasteiger partial charge on any atom is -0.508 e. The zero-order chi connectivity index (χ0) is 96.0. The number of phenols is 1. The van der Waals surface area contributed by atoms with Gasteiger partial charge in [0, 0.05) is 89.2 Å². The molecule has 6 aromatic rings. The van der Waals surface area contributed by atoms with Crippen LogP contribution in [0.5, 0.6) is 5.75 Å². The summed E-state index contributed by atoms with van der Waals surface area (Å²) in [4.78, 5) is 233. The number of fused-ring (bicyclic) bond motifs is 3. The van der Waals surface area contributed by atoms with Crippen LogP contribution in [-0.4, -0.2) is 279 Å². The van der Waals surface area contributed by atoms with E-state index in [1.807, 2.05) is 39.8 Å². The number of unbranched alkanes of at least 4 members (excludes halogenated alkanes) is 1. The molecule has 5 aromatic carbocycles. The summed E-state index contributed by atoms with van der Waals surface area (Å²) in [5.74, 6) is -15.0. The van der Waals surface area contributed by atoms with Crippen molar-refractivity contribution in [2.75, 3.05) is 72.2 Å². The van der Waals surface area contributed by atoms with Crippen LogP contribution in [0.4, 0.5) is 4.39 Å². The highest BCUT2D eigenvalue weighted by molar-refractivity contribution is 8.00. The van der Waals surface area contributed by atoms with Crippen molar-refractivity contribution < 1.29 is 91.3 Å². The summed E-state index contributed by atoms with van der Waals surface area (Å²) in [7, 11) is 4.11. The molecule has 3 saturated heterocycles. The highest BCUT2D eigenvalue weighted by Gasteiger charge is 2.46. The van der Waals surface area contributed by atoms with Crippen molar-refractivity contribution >= 4 is 111 Å². The fraction of sp³-hybridized carbons (Fsp3) is 0.505. The molecule has 0 spiro atoms. The first-order valence-electron chi connectivity index (χ1n) is 45.1. The standard InChI is InChI=1S/C95H128FN17O18S/c1-10-11-25-77-94(129)113-42-19-27-76(113)89(124)107-73(49-82(117)118)87(122)108-83(57(4)5)95(130)110(8)78(46-62-30-28-58(6)29-31-62)90(125)103-69(24-17-40-97)92(127)112-41-18-26-75(112)88(123)106-72(48-63-50-100-68-23-16-15-22-67(63)68)86(121)105-71(44-61-34-38-66(114)39-35-61)85(120)104-70(43-56(2)3)84(119)101-65(52-131-55-99-51-80(98)115)53-132-54-81(116)102-74(45-60-32-36-64(96)37-33-60)91(126)111(9)79(93(128)109(77)7)47-59-20-13-12-14-21-59/h12-16,20-23,28-39,50,56-57,65,69-79,83,99-100,114H,10-11,17-19,24-27,40-49,51-55,97H2,1-9H3,(H2,98,115)(H,101,119)(H,102,116)(H,103,125)(H,104,120)(H,105,121)(H,106,123)(H,107,124)(H,108,122)(H,117,118)/t65-,69+,70+,71+,72+,73+,74+,75-,76-,77+,78+,79?,83+/m1/s1. The summed E-state index contributed by atoms with van der Waals surface area (Å²) in [5, 5.41) is 46.8. The first-order chi connectivity index (χ1) is 63.0. The summed E-state index contributed by atoms with van der Waals surface area (Å²) in [5.41, 5.74) is 15.7. The number of aromatic hydroxyl groups is 1. The summed E-state index contributed by atoms with van der Waals surface area (Å²) < 4.78 is 20.5. The Morgan fingerprint density at radius 2 is 1.08 bits per heavy atom. The number of aryl methyl sites for hydroxylation is 1. The molecule has 132 heavy (non-hydrogen) atoms. The second kappa shape index (κ2) is 50.3. The number of primary amides is 1. The summed E-state index contributed by atoms with van der Waals surface area (Å²) in [6, 6.07) is 15.7. The van der Waals surface area contributed by atoms with Crippen molar-refractivity contribution in [1.29, 1.82) is 0 Å². The SMILES string of the molecule is CCCC[C@H]1C(=O)N2CCC[C@@H]2C(=O)N[C@@H](CC(=O)O)C(=O)N[C@@H](C(C)C)C(=O)N(C)[C@@H](Cc2ccc(C)cc2)C(=O)N[C@@H](CCCN)C(=O)N2CCC[C@@H]2C(=O)N[C@@H](Cc2c[nH]c3ccccc23)C(=O)N[C@@H](Cc2ccc(O)cc2)C(=O)N[C@@H](CC(C)C)C(=O)N[C@H](COCNCC(N)=O)CSCC(=O)N[C@@H](Cc2ccc(F)cc2)C(=O)N(C)C(Cc2ccccc2)C(=O)N1C. The lowest BCUT2D eigenvalue weighted by molar-refractivity contribution is -0.152. The Bertz CT molecular complexity index is 4970. The predicted octanol–water partition coefficient (Wildman–Crippen LogP) is 3.08. The Morgan fingerprint density at radius 1 is 0.545 bits per heavy atom. The van der Waals surface area contributed by atoms with E-state index in [0.29, 0.717) is 51.6 Å². The number of amides is 14. The molecule has 16 N–H and O–H groups in total. The van der Waals surface area contributed by atoms with E-state index in [1.165, 1.54) is 89.3 Å². The van der Waals surface area contributed by atoms with Crippen LogP contribution >= 0.6 is 11.8 Å². The number of carbonyl (C=O) groups excluding carboxylic acids is 14. The van der Waals surface area contributed by atoms with Crippen molar-refractivity contribution in [2.45, 2.75) is 223 Å². The number of H-pyrrole nitrogens is 1. The van der Waals surface area contributed by atoms with Crippen LogP contribution in [0, 0.1) is 24.6 Å². The molecule has 0 saturated carbocycles. The maximum atomic E-state index is 15.7. The second-order valence-corrected chi connectivity index (χ2v) is 36.0. The number of nitrogens with zero attached hydrogens (tertiary/aromatic N) is 5. The van der Waals surface area contributed by atoms with Gasteiger partial charge in [0.25, 0.3) is 0 Å². The number of nitrogens with one attached hydrogen (secondary N) is 10. The lowest BCUT2D eigenvalue weighted by Gasteiger charge is -2.38. The van der Waals surface area contributed by atoms with Crippen molar-refractivity contribution in [1.82, 2.24) is 77.3 Å². The fourth-order valence-electron chi connectivity index (χ4n) is 16.7. The molecule has 9 rings (SSSR count). The van der Waals surface area contributed by atoms with Crippen LogP contribution in [0.25, 0.3) is 10.9 Å². The van der Waals surface area contributed by atoms with E-state index in [9.17, 15) is 38.6 Å². The van der Waals surface area contributed by atoms with E-state index in [1.54, 1.807) is 86.8 Å². The van der Waals surface area contributed by atoms with Gasteiger partial charge in [-0.3, -0.25) is 77.2 Å². The third-order valence-electron chi connectivity index (χ3n) is 24.0. The van der Waals surface area contributed by atoms with Crippen LogP contribution < -0.4 is 59.3 Å². The number of carboxylic acids is 1. The number of thioether (sulfide) groups is 1. The molecule has 14 amide bonds. The molecule has 0 aliphatic carbocycles. The van der Waals surface area contributed by atoms with E-state index < -0.39 is 185 Å². The van der Waals surface area contributed by atoms with E-state index in [4.69, 9.17) is 16.2 Å². The number of para-hydroxylation sites is 1. The van der Waals surface area contributed by atoms with E-state index in [0.717, 1.165) is 22.2 Å². The lowest BCUT2D eigenvalue weighted by atomic mass is 9.98. The number of likely N-dealkylation sites (N-methyl/N-ethyl adjacent to an activating group) is 3. The number of carbonyl (C=O) groups is 15. The molecule has 1 unspecified atom stereocenters. The monoisotopic (exact) mass is 1850 g/mol. The number of carboxylic acid groups (broad SMARTS) is 1. The summed E-state index contributed by atoms with van der Waals surface area (Å²) >= 11 is 1.01. The molecular weight excluding hydrogens is 1720 g/mol. The largest absolute Gasteiger partial charge is 0.508 e. The van der Waals surface area contributed by atoms with Gasteiger partial charge in [0.15, 0.2) is 0 Å². The molecular formula is C95H128FN17O18S. The summed E-state index contributed by atoms with van der Waals surface area (Å²) in [6.45, 7) is 9.79. The van der Waals surface area contributed by atoms with Crippen molar-refractivity contribution in [3.05, 3.63) is 173 Å². The van der Waals surface area contributed by atoms with Gasteiger partial charge in [-0.15, -0.1) is 11.8 Å². The Hall–Kier alpha value is -12.4. The highest BCUT2D eigenvalue weighted by Crippen LogP contribution is 2.28. The Morgan fingerprint density at radius 3 is 1.70 bits per heavy atom. The average molecular weight is 1850 g/mol. The van der Waals surface area contributed by atoms with E-state index in [2.05, 4.69) is 52.8 Å². The Balaban J connectivity index is 1.12. The van der Waals surface area contributed by atoms with Crippen LogP contribution in [0.2, 0.25) is 0 Å². The van der Waals surface area contributed by atoms with Gasteiger partial charge in [0.2, 0.25) is 82.7 Å². The molecule has 0 bridgehead atoms. The van der Waals surface area contributed by atoms with Crippen LogP contribution in [-0.2, 0) is 109 Å². The molecule has 35 nitrogen and oxygen atoms in total. The minimum absolute atomic E-state index is 0.00279. The smallest absolute Gasteiger partial charge is 0.305 e. The van der Waals surface area contributed by atoms with Gasteiger partial charge in [0.05, 0.1) is 38.1 Å². The molecule has 714 valence electrons. The number of hydrogen-bond donors (Lipinski definition) is 14. The first-order valence-corrected chi connectivity index (χ1v) is 46.2. The topological polar surface area (TPSA) is 498 Å². The Kier molecular flexibility index (Phi) is 39.4. The quantitative estimate of drug-likeness (QED) is 0.0260. The number of benzene rings is 5. The van der Waals surface area contributed by atoms with Crippen LogP contribution in [0.15, 0.2) is 134 Å². The number of nitrogens with two attached hydrogens (primary N) is 2. The zero-order valence-corrected chi connectivity index (χ0v) is 77.3. The normalized spacial score (nSPS) is 23.8. The number of aromatic nitrogens is 1. The van der Waals surface area contributed by atoms with Gasteiger partial charge in [-0.2, -0.15) is 0 Å². The zero-order valence-electron chi connectivity index (χ0n) is 76.4. The van der Waals surface area contributed by atoms with Crippen molar-refractivity contribution in [3.63, 3.8) is 0 Å². The minimum atomic E-state index is -1.88. The van der Waals surface area contributed by atoms with Gasteiger partial charge >= 0.3 is 5.97 Å². The number of ether oxygens (including phenoxy) is 1. The molecule has 3 fully saturated rings. The number of hydrogen-bond acceptors (Lipinski definition) is 20. The second-order valence-electron chi connectivity index (χ2n) is 35.0. The molecule has 13 atom stereocenters.